The van der Waals surface area contributed by atoms with Gasteiger partial charge < -0.3 is 5.32 Å². The predicted molar refractivity (Wildman–Crippen MR) is 76.6 cm³/mol. The van der Waals surface area contributed by atoms with Gasteiger partial charge in [0, 0.05) is 25.6 Å². The highest BCUT2D eigenvalue weighted by Crippen LogP contribution is 2.10. The molecule has 1 amide bonds. The summed E-state index contributed by atoms with van der Waals surface area (Å²) in [5, 5.41) is 11.8. The molecule has 0 aromatic rings. The molecule has 0 bridgehead atoms. The third-order valence-electron chi connectivity index (χ3n) is 3.75. The highest BCUT2D eigenvalue weighted by atomic mass is 16.1. The fourth-order valence-electron chi connectivity index (χ4n) is 2.52. The summed E-state index contributed by atoms with van der Waals surface area (Å²) in [6.45, 7) is 4.56. The maximum atomic E-state index is 11.8. The number of nitrogens with one attached hydrogen (secondary N) is 1. The Kier molecular flexibility index (Phi) is 8.24. The zero-order valence-electron chi connectivity index (χ0n) is 12.2. The standard InChI is InChI=1S/C15H27N3O/c1-2-3-4-5-6-7-15(19)17-14-8-11-18(12-9-14)13-10-16/h14H,2-9,11-13H2,1H3,(H,17,19). The Morgan fingerprint density at radius 3 is 2.58 bits per heavy atom. The van der Waals surface area contributed by atoms with E-state index < -0.39 is 0 Å². The number of carbonyl (C=O) groups is 1. The second kappa shape index (κ2) is 9.80. The summed E-state index contributed by atoms with van der Waals surface area (Å²) in [5.74, 6) is 0.204. The SMILES string of the molecule is CCCCCCCC(=O)NC1CCN(CC#N)CC1. The van der Waals surface area contributed by atoms with Crippen LogP contribution in [0.1, 0.15) is 58.3 Å². The molecule has 0 aromatic carbocycles. The van der Waals surface area contributed by atoms with Crippen molar-refractivity contribution in [1.29, 1.82) is 5.26 Å². The molecule has 0 aromatic heterocycles. The summed E-state index contributed by atoms with van der Waals surface area (Å²) < 4.78 is 0. The van der Waals surface area contributed by atoms with Crippen molar-refractivity contribution in [2.75, 3.05) is 19.6 Å². The van der Waals surface area contributed by atoms with Gasteiger partial charge in [-0.1, -0.05) is 32.6 Å². The second-order valence-corrected chi connectivity index (χ2v) is 5.44. The van der Waals surface area contributed by atoms with E-state index in [4.69, 9.17) is 5.26 Å². The molecular weight excluding hydrogens is 238 g/mol. The summed E-state index contributed by atoms with van der Waals surface area (Å²) in [7, 11) is 0. The van der Waals surface area contributed by atoms with Gasteiger partial charge in [0.1, 0.15) is 0 Å². The summed E-state index contributed by atoms with van der Waals surface area (Å²) in [6.07, 6.45) is 8.57. The first kappa shape index (κ1) is 16.0. The molecule has 1 aliphatic heterocycles. The minimum Gasteiger partial charge on any atom is -0.353 e. The van der Waals surface area contributed by atoms with Gasteiger partial charge in [-0.3, -0.25) is 9.69 Å². The minimum atomic E-state index is 0.204. The molecule has 1 N–H and O–H groups in total. The van der Waals surface area contributed by atoms with Crippen molar-refractivity contribution >= 4 is 5.91 Å². The first-order valence-electron chi connectivity index (χ1n) is 7.65. The van der Waals surface area contributed by atoms with Gasteiger partial charge >= 0.3 is 0 Å². The topological polar surface area (TPSA) is 56.1 Å². The first-order chi connectivity index (χ1) is 9.26. The van der Waals surface area contributed by atoms with Gasteiger partial charge in [-0.25, -0.2) is 0 Å². The van der Waals surface area contributed by atoms with Crippen LogP contribution in [0, 0.1) is 11.3 Å². The van der Waals surface area contributed by atoms with Crippen LogP contribution in [0.3, 0.4) is 0 Å². The third-order valence-corrected chi connectivity index (χ3v) is 3.75. The number of piperidine rings is 1. The van der Waals surface area contributed by atoms with E-state index in [1.54, 1.807) is 0 Å². The average molecular weight is 265 g/mol. The first-order valence-corrected chi connectivity index (χ1v) is 7.65. The number of hydrogen-bond donors (Lipinski definition) is 1. The van der Waals surface area contributed by atoms with E-state index in [9.17, 15) is 4.79 Å². The molecule has 108 valence electrons. The van der Waals surface area contributed by atoms with Crippen molar-refractivity contribution in [3.63, 3.8) is 0 Å². The van der Waals surface area contributed by atoms with Crippen LogP contribution in [0.5, 0.6) is 0 Å². The number of carbonyl (C=O) groups excluding carboxylic acids is 1. The monoisotopic (exact) mass is 265 g/mol. The zero-order chi connectivity index (χ0) is 13.9. The lowest BCUT2D eigenvalue weighted by Gasteiger charge is -2.30. The van der Waals surface area contributed by atoms with Crippen molar-refractivity contribution < 1.29 is 4.79 Å². The van der Waals surface area contributed by atoms with Crippen LogP contribution in [0.15, 0.2) is 0 Å². The predicted octanol–water partition coefficient (Wildman–Crippen LogP) is 2.45. The van der Waals surface area contributed by atoms with E-state index in [0.29, 0.717) is 19.0 Å². The molecule has 0 saturated carbocycles. The van der Waals surface area contributed by atoms with E-state index in [1.807, 2.05) is 0 Å². The molecule has 0 atom stereocenters. The van der Waals surface area contributed by atoms with Crippen LogP contribution in [-0.4, -0.2) is 36.5 Å². The maximum absolute atomic E-state index is 11.8. The molecule has 19 heavy (non-hydrogen) atoms. The van der Waals surface area contributed by atoms with E-state index in [2.05, 4.69) is 23.2 Å². The third kappa shape index (κ3) is 7.17. The average Bonchev–Trinajstić information content (AvgIpc) is 2.41. The molecule has 0 radical (unpaired) electrons. The van der Waals surface area contributed by atoms with Gasteiger partial charge in [-0.2, -0.15) is 5.26 Å². The van der Waals surface area contributed by atoms with Gasteiger partial charge in [0.2, 0.25) is 5.91 Å². The smallest absolute Gasteiger partial charge is 0.220 e. The van der Waals surface area contributed by atoms with Crippen LogP contribution in [0.2, 0.25) is 0 Å². The Morgan fingerprint density at radius 2 is 1.95 bits per heavy atom. The second-order valence-electron chi connectivity index (χ2n) is 5.44. The fraction of sp³-hybridized carbons (Fsp3) is 0.867. The van der Waals surface area contributed by atoms with E-state index in [-0.39, 0.29) is 5.91 Å². The molecule has 4 nitrogen and oxygen atoms in total. The molecule has 1 rings (SSSR count). The van der Waals surface area contributed by atoms with Gasteiger partial charge in [0.15, 0.2) is 0 Å². The summed E-state index contributed by atoms with van der Waals surface area (Å²) in [4.78, 5) is 13.9. The number of likely N-dealkylation sites (tertiary alicyclic amines) is 1. The highest BCUT2D eigenvalue weighted by Gasteiger charge is 2.19. The lowest BCUT2D eigenvalue weighted by Crippen LogP contribution is -2.44. The molecule has 1 aliphatic rings. The summed E-state index contributed by atoms with van der Waals surface area (Å²) in [5.41, 5.74) is 0. The van der Waals surface area contributed by atoms with Gasteiger partial charge in [0.05, 0.1) is 12.6 Å². The number of amides is 1. The van der Waals surface area contributed by atoms with Crippen LogP contribution in [0.4, 0.5) is 0 Å². The van der Waals surface area contributed by atoms with Crippen molar-refractivity contribution in [1.82, 2.24) is 10.2 Å². The normalized spacial score (nSPS) is 17.1. The van der Waals surface area contributed by atoms with Crippen LogP contribution < -0.4 is 5.32 Å². The Balaban J connectivity index is 2.05. The molecule has 4 heteroatoms. The largest absolute Gasteiger partial charge is 0.353 e. The number of rotatable bonds is 8. The lowest BCUT2D eigenvalue weighted by molar-refractivity contribution is -0.122. The van der Waals surface area contributed by atoms with Crippen LogP contribution in [0.25, 0.3) is 0 Å². The minimum absolute atomic E-state index is 0.204. The van der Waals surface area contributed by atoms with Crippen LogP contribution in [-0.2, 0) is 4.79 Å². The fourth-order valence-corrected chi connectivity index (χ4v) is 2.52. The highest BCUT2D eigenvalue weighted by molar-refractivity contribution is 5.76. The molecule has 0 aliphatic carbocycles. The number of hydrogen-bond acceptors (Lipinski definition) is 3. The quantitative estimate of drug-likeness (QED) is 0.542. The molecular formula is C15H27N3O. The van der Waals surface area contributed by atoms with E-state index in [1.165, 1.54) is 25.7 Å². The molecule has 0 spiro atoms. The van der Waals surface area contributed by atoms with E-state index >= 15 is 0 Å². The molecule has 1 saturated heterocycles. The zero-order valence-corrected chi connectivity index (χ0v) is 12.2. The Hall–Kier alpha value is -1.08. The molecule has 0 unspecified atom stereocenters. The summed E-state index contributed by atoms with van der Waals surface area (Å²) >= 11 is 0. The number of nitriles is 1. The molecule has 1 heterocycles. The van der Waals surface area contributed by atoms with Crippen LogP contribution >= 0.6 is 0 Å². The Bertz CT molecular complexity index is 290. The van der Waals surface area contributed by atoms with Crippen molar-refractivity contribution in [2.24, 2.45) is 0 Å². The van der Waals surface area contributed by atoms with Crippen molar-refractivity contribution in [3.8, 4) is 6.07 Å². The molecule has 1 fully saturated rings. The van der Waals surface area contributed by atoms with E-state index in [0.717, 1.165) is 32.4 Å². The number of nitrogens with zero attached hydrogens (tertiary/aromatic N) is 2. The van der Waals surface area contributed by atoms with Gasteiger partial charge in [-0.05, 0) is 19.3 Å². The van der Waals surface area contributed by atoms with Gasteiger partial charge in [-0.15, -0.1) is 0 Å². The lowest BCUT2D eigenvalue weighted by atomic mass is 10.0. The summed E-state index contributed by atoms with van der Waals surface area (Å²) in [6, 6.07) is 2.49. The number of unbranched alkanes of at least 4 members (excludes halogenated alkanes) is 4. The van der Waals surface area contributed by atoms with Crippen molar-refractivity contribution in [3.05, 3.63) is 0 Å². The maximum Gasteiger partial charge on any atom is 0.220 e. The Morgan fingerprint density at radius 1 is 1.26 bits per heavy atom. The van der Waals surface area contributed by atoms with Gasteiger partial charge in [0.25, 0.3) is 0 Å². The Labute approximate surface area is 117 Å². The van der Waals surface area contributed by atoms with Crippen molar-refractivity contribution in [2.45, 2.75) is 64.3 Å².